The van der Waals surface area contributed by atoms with Crippen LogP contribution in [0.4, 0.5) is 0 Å². The Hall–Kier alpha value is -0.870. The molecule has 8 heteroatoms. The zero-order chi connectivity index (χ0) is 20.6. The molecule has 1 heterocycles. The maximum atomic E-state index is 13.0. The summed E-state index contributed by atoms with van der Waals surface area (Å²) in [5.41, 5.74) is 0.896. The molecule has 0 bridgehead atoms. The first kappa shape index (κ1) is 24.2. The average molecular weight is 389 g/mol. The molecule has 1 fully saturated rings. The lowest BCUT2D eigenvalue weighted by molar-refractivity contribution is -0.141. The van der Waals surface area contributed by atoms with Crippen LogP contribution in [0.3, 0.4) is 0 Å². The monoisotopic (exact) mass is 389 g/mol. The lowest BCUT2D eigenvalue weighted by atomic mass is 9.79. The van der Waals surface area contributed by atoms with E-state index in [9.17, 15) is 20.1 Å². The predicted octanol–water partition coefficient (Wildman–Crippen LogP) is 0.277. The van der Waals surface area contributed by atoms with E-state index in [4.69, 9.17) is 14.7 Å². The van der Waals surface area contributed by atoms with Gasteiger partial charge in [0.2, 0.25) is 0 Å². The highest BCUT2D eigenvalue weighted by atomic mass is 16.6. The number of aliphatic hydroxyl groups is 3. The van der Waals surface area contributed by atoms with Gasteiger partial charge in [0, 0.05) is 19.1 Å². The van der Waals surface area contributed by atoms with Gasteiger partial charge in [0.15, 0.2) is 0 Å². The van der Waals surface area contributed by atoms with Crippen LogP contribution >= 0.6 is 0 Å². The minimum absolute atomic E-state index is 0.0527. The van der Waals surface area contributed by atoms with Crippen molar-refractivity contribution in [1.82, 2.24) is 5.48 Å². The van der Waals surface area contributed by atoms with Crippen LogP contribution in [0.2, 0.25) is 0 Å². The third-order valence-electron chi connectivity index (χ3n) is 5.17. The fraction of sp³-hybridized carbons (Fsp3) is 0.842. The van der Waals surface area contributed by atoms with Crippen molar-refractivity contribution >= 4 is 5.78 Å². The first-order valence-electron chi connectivity index (χ1n) is 9.54. The molecule has 0 aromatic carbocycles. The summed E-state index contributed by atoms with van der Waals surface area (Å²) in [5.74, 6) is -2.58. The minimum atomic E-state index is -1.23. The van der Waals surface area contributed by atoms with Crippen LogP contribution < -0.4 is 5.48 Å². The van der Waals surface area contributed by atoms with Gasteiger partial charge in [-0.25, -0.2) is 5.48 Å². The topological polar surface area (TPSA) is 132 Å². The first-order valence-corrected chi connectivity index (χ1v) is 9.54. The van der Waals surface area contributed by atoms with Gasteiger partial charge in [-0.1, -0.05) is 26.0 Å². The minimum Gasteiger partial charge on any atom is -0.396 e. The van der Waals surface area contributed by atoms with Gasteiger partial charge in [0.25, 0.3) is 0 Å². The van der Waals surface area contributed by atoms with E-state index in [0.29, 0.717) is 6.61 Å². The van der Waals surface area contributed by atoms with Crippen molar-refractivity contribution in [2.75, 3.05) is 26.4 Å². The number of epoxide rings is 1. The number of carbonyl (C=O) groups is 1. The third kappa shape index (κ3) is 6.05. The molecule has 8 nitrogen and oxygen atoms in total. The standard InChI is InChI=1S/C19H35NO7/c1-5-7-12(3)18-19(4,27-18)17(24)13(10-21)16(23)14(11-26-8-6-2)15(22)9-20-25/h5,7,12-15,17-18,20-22,24-25H,6,8-11H2,1-4H3/b7-5-/t12-,13-,14-,15-,17-,18+,19+/m0/s1. The molecule has 27 heavy (non-hydrogen) atoms. The molecule has 0 radical (unpaired) electrons. The normalized spacial score (nSPS) is 27.9. The van der Waals surface area contributed by atoms with Crippen molar-refractivity contribution in [1.29, 1.82) is 0 Å². The van der Waals surface area contributed by atoms with Crippen LogP contribution in [0.1, 0.15) is 34.1 Å². The molecular formula is C19H35NO7. The van der Waals surface area contributed by atoms with Crippen LogP contribution in [-0.4, -0.2) is 76.6 Å². The summed E-state index contributed by atoms with van der Waals surface area (Å²) in [6.45, 7) is 7.03. The molecule has 0 spiro atoms. The predicted molar refractivity (Wildman–Crippen MR) is 99.2 cm³/mol. The van der Waals surface area contributed by atoms with Gasteiger partial charge in [0.05, 0.1) is 43.4 Å². The van der Waals surface area contributed by atoms with Crippen molar-refractivity contribution in [3.8, 4) is 0 Å². The molecule has 0 saturated carbocycles. The zero-order valence-electron chi connectivity index (χ0n) is 16.7. The summed E-state index contributed by atoms with van der Waals surface area (Å²) in [5, 5.41) is 39.6. The quantitative estimate of drug-likeness (QED) is 0.124. The summed E-state index contributed by atoms with van der Waals surface area (Å²) < 4.78 is 11.1. The van der Waals surface area contributed by atoms with Gasteiger partial charge in [0.1, 0.15) is 11.4 Å². The SMILES string of the molecule is C/C=C\[C@H](C)[C@H]1O[C@]1(C)[C@@H](O)[C@@H](CO)C(=O)[C@@H](COCCC)[C@@H](O)CNO. The van der Waals surface area contributed by atoms with Gasteiger partial charge in [-0.3, -0.25) is 4.79 Å². The summed E-state index contributed by atoms with van der Waals surface area (Å²) in [6, 6.07) is 0. The molecular weight excluding hydrogens is 354 g/mol. The number of hydrogen-bond acceptors (Lipinski definition) is 8. The molecule has 7 atom stereocenters. The van der Waals surface area contributed by atoms with Crippen LogP contribution in [0.5, 0.6) is 0 Å². The second kappa shape index (κ2) is 11.2. The van der Waals surface area contributed by atoms with E-state index in [-0.39, 0.29) is 25.2 Å². The first-order chi connectivity index (χ1) is 12.8. The lowest BCUT2D eigenvalue weighted by Gasteiger charge is -2.29. The number of Topliss-reactive ketones (excluding diaryl/α,β-unsaturated/α-hetero) is 1. The zero-order valence-corrected chi connectivity index (χ0v) is 16.7. The maximum Gasteiger partial charge on any atom is 0.149 e. The fourth-order valence-corrected chi connectivity index (χ4v) is 3.50. The Balaban J connectivity index is 2.90. The highest BCUT2D eigenvalue weighted by Gasteiger charge is 2.61. The lowest BCUT2D eigenvalue weighted by Crippen LogP contribution is -2.49. The molecule has 1 rings (SSSR count). The fourth-order valence-electron chi connectivity index (χ4n) is 3.50. The van der Waals surface area contributed by atoms with E-state index < -0.39 is 42.0 Å². The van der Waals surface area contributed by atoms with Gasteiger partial charge in [-0.05, 0) is 20.3 Å². The Kier molecular flexibility index (Phi) is 10.0. The molecule has 0 aromatic heterocycles. The Bertz CT molecular complexity index is 487. The van der Waals surface area contributed by atoms with Crippen molar-refractivity contribution in [2.45, 2.75) is 58.0 Å². The smallest absolute Gasteiger partial charge is 0.149 e. The van der Waals surface area contributed by atoms with E-state index in [1.807, 2.05) is 38.4 Å². The van der Waals surface area contributed by atoms with E-state index >= 15 is 0 Å². The van der Waals surface area contributed by atoms with Gasteiger partial charge < -0.3 is 30.0 Å². The molecule has 1 aliphatic heterocycles. The molecule has 158 valence electrons. The van der Waals surface area contributed by atoms with Crippen molar-refractivity contribution in [3.63, 3.8) is 0 Å². The van der Waals surface area contributed by atoms with E-state index in [1.165, 1.54) is 0 Å². The van der Waals surface area contributed by atoms with E-state index in [1.54, 1.807) is 6.92 Å². The van der Waals surface area contributed by atoms with Crippen molar-refractivity contribution in [3.05, 3.63) is 12.2 Å². The second-order valence-electron chi connectivity index (χ2n) is 7.35. The van der Waals surface area contributed by atoms with Gasteiger partial charge in [-0.2, -0.15) is 0 Å². The number of carbonyl (C=O) groups excluding carboxylic acids is 1. The van der Waals surface area contributed by atoms with Crippen LogP contribution in [-0.2, 0) is 14.3 Å². The Morgan fingerprint density at radius 2 is 2.04 bits per heavy atom. The number of nitrogens with one attached hydrogen (secondary N) is 1. The van der Waals surface area contributed by atoms with Gasteiger partial charge >= 0.3 is 0 Å². The molecule has 0 unspecified atom stereocenters. The van der Waals surface area contributed by atoms with Crippen LogP contribution in [0.25, 0.3) is 0 Å². The van der Waals surface area contributed by atoms with E-state index in [2.05, 4.69) is 0 Å². The maximum absolute atomic E-state index is 13.0. The number of ether oxygens (including phenoxy) is 2. The van der Waals surface area contributed by atoms with E-state index in [0.717, 1.165) is 6.42 Å². The summed E-state index contributed by atoms with van der Waals surface area (Å²) >= 11 is 0. The summed E-state index contributed by atoms with van der Waals surface area (Å²) in [7, 11) is 0. The molecule has 0 amide bonds. The second-order valence-corrected chi connectivity index (χ2v) is 7.35. The molecule has 0 aliphatic carbocycles. The van der Waals surface area contributed by atoms with Crippen LogP contribution in [0, 0.1) is 17.8 Å². The largest absolute Gasteiger partial charge is 0.396 e. The summed E-state index contributed by atoms with van der Waals surface area (Å²) in [4.78, 5) is 13.0. The number of allylic oxidation sites excluding steroid dienone is 1. The van der Waals surface area contributed by atoms with Crippen molar-refractivity contribution < 1.29 is 34.8 Å². The average Bonchev–Trinajstić information content (AvgIpc) is 3.33. The van der Waals surface area contributed by atoms with Crippen molar-refractivity contribution in [2.24, 2.45) is 17.8 Å². The Morgan fingerprint density at radius 3 is 2.56 bits per heavy atom. The Morgan fingerprint density at radius 1 is 1.37 bits per heavy atom. The number of aliphatic hydroxyl groups excluding tert-OH is 3. The number of rotatable bonds is 14. The highest BCUT2D eigenvalue weighted by molar-refractivity contribution is 5.85. The molecule has 0 aromatic rings. The third-order valence-corrected chi connectivity index (χ3v) is 5.17. The summed E-state index contributed by atoms with van der Waals surface area (Å²) in [6.07, 6.45) is 1.90. The number of hydroxylamine groups is 1. The number of ketones is 1. The molecule has 1 aliphatic rings. The Labute approximate surface area is 161 Å². The number of hydrogen-bond donors (Lipinski definition) is 5. The molecule has 5 N–H and O–H groups in total. The highest BCUT2D eigenvalue weighted by Crippen LogP contribution is 2.46. The van der Waals surface area contributed by atoms with Gasteiger partial charge in [-0.15, -0.1) is 0 Å². The van der Waals surface area contributed by atoms with Crippen LogP contribution in [0.15, 0.2) is 12.2 Å². The molecule has 1 saturated heterocycles.